The molecule has 0 radical (unpaired) electrons. The van der Waals surface area contributed by atoms with Crippen LogP contribution in [0.3, 0.4) is 0 Å². The van der Waals surface area contributed by atoms with Gasteiger partial charge in [-0.1, -0.05) is 36.4 Å². The molecule has 1 aromatic heterocycles. The van der Waals surface area contributed by atoms with Gasteiger partial charge in [0.1, 0.15) is 6.04 Å². The number of rotatable bonds is 8. The van der Waals surface area contributed by atoms with Gasteiger partial charge in [0.15, 0.2) is 6.10 Å². The molecule has 0 aliphatic rings. The van der Waals surface area contributed by atoms with Crippen molar-refractivity contribution in [2.24, 2.45) is 0 Å². The fourth-order valence-corrected chi connectivity index (χ4v) is 2.59. The van der Waals surface area contributed by atoms with Gasteiger partial charge in [-0.25, -0.2) is 9.78 Å². The highest BCUT2D eigenvalue weighted by Gasteiger charge is 2.28. The van der Waals surface area contributed by atoms with E-state index in [4.69, 9.17) is 14.2 Å². The Hall–Kier alpha value is -2.93. The number of pyridine rings is 1. The summed E-state index contributed by atoms with van der Waals surface area (Å²) in [5.41, 5.74) is 1.37. The van der Waals surface area contributed by atoms with Crippen molar-refractivity contribution in [3.05, 3.63) is 59.8 Å². The minimum Gasteiger partial charge on any atom is -0.481 e. The van der Waals surface area contributed by atoms with Crippen molar-refractivity contribution in [2.75, 3.05) is 21.3 Å². The van der Waals surface area contributed by atoms with E-state index in [0.717, 1.165) is 0 Å². The van der Waals surface area contributed by atoms with Crippen molar-refractivity contribution >= 4 is 11.9 Å². The van der Waals surface area contributed by atoms with Crippen molar-refractivity contribution in [2.45, 2.75) is 18.6 Å². The Kier molecular flexibility index (Phi) is 7.11. The van der Waals surface area contributed by atoms with E-state index in [1.54, 1.807) is 30.5 Å². The minimum absolute atomic E-state index is 0.181. The van der Waals surface area contributed by atoms with E-state index in [1.165, 1.54) is 21.3 Å². The van der Waals surface area contributed by atoms with Crippen LogP contribution in [0.5, 0.6) is 5.88 Å². The van der Waals surface area contributed by atoms with Crippen molar-refractivity contribution in [1.82, 2.24) is 10.3 Å². The second-order valence-corrected chi connectivity index (χ2v) is 5.49. The first-order valence-electron chi connectivity index (χ1n) is 8.04. The zero-order valence-corrected chi connectivity index (χ0v) is 15.0. The first kappa shape index (κ1) is 19.4. The Morgan fingerprint density at radius 2 is 1.81 bits per heavy atom. The lowest BCUT2D eigenvalue weighted by molar-refractivity contribution is -0.146. The summed E-state index contributed by atoms with van der Waals surface area (Å²) in [5, 5.41) is 2.70. The van der Waals surface area contributed by atoms with Crippen LogP contribution < -0.4 is 10.1 Å². The molecule has 0 unspecified atom stereocenters. The molecule has 1 heterocycles. The molecule has 0 aliphatic heterocycles. The highest BCUT2D eigenvalue weighted by molar-refractivity contribution is 5.88. The normalized spacial score (nSPS) is 12.7. The molecular formula is C19H22N2O5. The van der Waals surface area contributed by atoms with Gasteiger partial charge in [0, 0.05) is 25.3 Å². The molecule has 2 rings (SSSR count). The van der Waals surface area contributed by atoms with Crippen LogP contribution in [0.4, 0.5) is 0 Å². The number of nitrogens with zero attached hydrogens (tertiary/aromatic N) is 1. The predicted molar refractivity (Wildman–Crippen MR) is 94.6 cm³/mol. The summed E-state index contributed by atoms with van der Waals surface area (Å²) in [6.45, 7) is 0. The fraction of sp³-hybridized carbons (Fsp3) is 0.316. The average molecular weight is 358 g/mol. The molecule has 0 fully saturated rings. The van der Waals surface area contributed by atoms with Gasteiger partial charge in [-0.3, -0.25) is 4.79 Å². The molecule has 7 nitrogen and oxygen atoms in total. The molecule has 7 heteroatoms. The van der Waals surface area contributed by atoms with E-state index in [1.807, 2.05) is 18.2 Å². The number of aromatic nitrogens is 1. The van der Waals surface area contributed by atoms with Crippen LogP contribution in [-0.2, 0) is 25.5 Å². The lowest BCUT2D eigenvalue weighted by atomic mass is 10.1. The average Bonchev–Trinajstić information content (AvgIpc) is 2.68. The summed E-state index contributed by atoms with van der Waals surface area (Å²) >= 11 is 0. The Bertz CT molecular complexity index is 736. The number of carbonyl (C=O) groups excluding carboxylic acids is 2. The molecule has 1 amide bonds. The predicted octanol–water partition coefficient (Wildman–Crippen LogP) is 1.68. The zero-order chi connectivity index (χ0) is 18.9. The molecule has 0 saturated heterocycles. The summed E-state index contributed by atoms with van der Waals surface area (Å²) in [6, 6.07) is 11.7. The number of nitrogens with one attached hydrogen (secondary N) is 1. The maximum absolute atomic E-state index is 12.7. The van der Waals surface area contributed by atoms with Gasteiger partial charge >= 0.3 is 5.97 Å². The highest BCUT2D eigenvalue weighted by atomic mass is 16.5. The molecule has 1 aromatic carbocycles. The summed E-state index contributed by atoms with van der Waals surface area (Å²) in [4.78, 5) is 28.9. The third-order valence-corrected chi connectivity index (χ3v) is 3.85. The third-order valence-electron chi connectivity index (χ3n) is 3.85. The van der Waals surface area contributed by atoms with Gasteiger partial charge in [0.05, 0.1) is 14.2 Å². The minimum atomic E-state index is -0.896. The van der Waals surface area contributed by atoms with Crippen LogP contribution in [0, 0.1) is 0 Å². The molecule has 138 valence electrons. The Morgan fingerprint density at radius 1 is 1.08 bits per heavy atom. The maximum Gasteiger partial charge on any atom is 0.328 e. The Balaban J connectivity index is 2.19. The van der Waals surface area contributed by atoms with E-state index in [0.29, 0.717) is 17.0 Å². The van der Waals surface area contributed by atoms with Crippen molar-refractivity contribution < 1.29 is 23.8 Å². The highest BCUT2D eigenvalue weighted by Crippen LogP contribution is 2.19. The number of esters is 1. The largest absolute Gasteiger partial charge is 0.481 e. The molecule has 0 spiro atoms. The van der Waals surface area contributed by atoms with Gasteiger partial charge in [-0.15, -0.1) is 0 Å². The third kappa shape index (κ3) is 4.80. The van der Waals surface area contributed by atoms with Gasteiger partial charge in [0.2, 0.25) is 5.88 Å². The Morgan fingerprint density at radius 3 is 2.42 bits per heavy atom. The molecule has 1 N–H and O–H groups in total. The lowest BCUT2D eigenvalue weighted by Gasteiger charge is -2.21. The van der Waals surface area contributed by atoms with E-state index >= 15 is 0 Å². The molecule has 0 bridgehead atoms. The van der Waals surface area contributed by atoms with Crippen LogP contribution >= 0.6 is 0 Å². The Labute approximate surface area is 152 Å². The number of benzene rings is 1. The van der Waals surface area contributed by atoms with E-state index in [2.05, 4.69) is 10.3 Å². The molecular weight excluding hydrogens is 336 g/mol. The number of hydrogen-bond donors (Lipinski definition) is 1. The first-order chi connectivity index (χ1) is 12.6. The summed E-state index contributed by atoms with van der Waals surface area (Å²) < 4.78 is 15.3. The zero-order valence-electron chi connectivity index (χ0n) is 15.0. The van der Waals surface area contributed by atoms with E-state index in [9.17, 15) is 9.59 Å². The van der Waals surface area contributed by atoms with Crippen LogP contribution in [-0.4, -0.2) is 44.2 Å². The lowest BCUT2D eigenvalue weighted by Crippen LogP contribution is -2.45. The topological polar surface area (TPSA) is 86.8 Å². The number of carbonyl (C=O) groups is 2. The van der Waals surface area contributed by atoms with Crippen LogP contribution in [0.25, 0.3) is 0 Å². The number of ether oxygens (including phenoxy) is 3. The summed E-state index contributed by atoms with van der Waals surface area (Å²) in [7, 11) is 4.20. The van der Waals surface area contributed by atoms with Crippen molar-refractivity contribution in [3.63, 3.8) is 0 Å². The van der Waals surface area contributed by atoms with Crippen LogP contribution in [0.15, 0.2) is 48.7 Å². The van der Waals surface area contributed by atoms with Gasteiger partial charge in [-0.2, -0.15) is 0 Å². The monoisotopic (exact) mass is 358 g/mol. The SMILES string of the molecule is COC(=O)[C@H](Cc1cccnc1OC)NC(=O)[C@H](OC)c1ccccc1. The number of hydrogen-bond acceptors (Lipinski definition) is 6. The van der Waals surface area contributed by atoms with Crippen molar-refractivity contribution in [3.8, 4) is 5.88 Å². The second kappa shape index (κ2) is 9.53. The quantitative estimate of drug-likeness (QED) is 0.723. The van der Waals surface area contributed by atoms with Gasteiger partial charge < -0.3 is 19.5 Å². The van der Waals surface area contributed by atoms with Gasteiger partial charge in [0.25, 0.3) is 5.91 Å². The number of amides is 1. The first-order valence-corrected chi connectivity index (χ1v) is 8.04. The van der Waals surface area contributed by atoms with Crippen LogP contribution in [0.2, 0.25) is 0 Å². The summed E-state index contributed by atoms with van der Waals surface area (Å²) in [5.74, 6) is -0.605. The van der Waals surface area contributed by atoms with Crippen LogP contribution in [0.1, 0.15) is 17.2 Å². The number of methoxy groups -OCH3 is 3. The van der Waals surface area contributed by atoms with Gasteiger partial charge in [-0.05, 0) is 11.6 Å². The van der Waals surface area contributed by atoms with Crippen molar-refractivity contribution in [1.29, 1.82) is 0 Å². The molecule has 2 aromatic rings. The molecule has 0 aliphatic carbocycles. The van der Waals surface area contributed by atoms with E-state index in [-0.39, 0.29) is 6.42 Å². The summed E-state index contributed by atoms with van der Waals surface area (Å²) in [6.07, 6.45) is 0.935. The molecule has 2 atom stereocenters. The molecule has 26 heavy (non-hydrogen) atoms. The molecule has 0 saturated carbocycles. The smallest absolute Gasteiger partial charge is 0.328 e. The second-order valence-electron chi connectivity index (χ2n) is 5.49. The fourth-order valence-electron chi connectivity index (χ4n) is 2.59. The van der Waals surface area contributed by atoms with E-state index < -0.39 is 24.0 Å². The standard InChI is InChI=1S/C19H22N2O5/c1-24-16(13-8-5-4-6-9-13)17(22)21-15(19(23)26-3)12-14-10-7-11-20-18(14)25-2/h4-11,15-16H,12H2,1-3H3,(H,21,22)/t15-,16+/m0/s1. The maximum atomic E-state index is 12.7.